The van der Waals surface area contributed by atoms with Crippen molar-refractivity contribution in [3.05, 3.63) is 0 Å². The molecule has 0 radical (unpaired) electrons. The van der Waals surface area contributed by atoms with Crippen LogP contribution in [0.4, 0.5) is 0 Å². The van der Waals surface area contributed by atoms with E-state index in [0.717, 1.165) is 13.1 Å². The first-order valence-electron chi connectivity index (χ1n) is 6.80. The van der Waals surface area contributed by atoms with E-state index in [1.807, 2.05) is 0 Å². The molecule has 0 aromatic carbocycles. The van der Waals surface area contributed by atoms with Gasteiger partial charge in [0.2, 0.25) is 5.91 Å². The van der Waals surface area contributed by atoms with Crippen molar-refractivity contribution in [3.8, 4) is 0 Å². The molecule has 0 aromatic rings. The number of carbonyl (C=O) groups excluding carboxylic acids is 1. The minimum Gasteiger partial charge on any atom is -0.336 e. The van der Waals surface area contributed by atoms with Gasteiger partial charge in [-0.15, -0.1) is 0 Å². The molecule has 3 saturated heterocycles. The van der Waals surface area contributed by atoms with Gasteiger partial charge in [-0.3, -0.25) is 4.79 Å². The highest BCUT2D eigenvalue weighted by Gasteiger charge is 2.42. The normalized spacial score (nSPS) is 35.9. The number of carbonyl (C=O) groups is 1. The quantitative estimate of drug-likeness (QED) is 0.765. The maximum atomic E-state index is 12.5. The van der Waals surface area contributed by atoms with Crippen molar-refractivity contribution in [1.29, 1.82) is 0 Å². The topological polar surface area (TPSA) is 32.3 Å². The lowest BCUT2D eigenvalue weighted by Crippen LogP contribution is -2.53. The summed E-state index contributed by atoms with van der Waals surface area (Å²) in [6.45, 7) is 4.20. The lowest BCUT2D eigenvalue weighted by molar-refractivity contribution is -0.141. The zero-order valence-corrected chi connectivity index (χ0v) is 10.1. The summed E-state index contributed by atoms with van der Waals surface area (Å²) >= 11 is 0. The van der Waals surface area contributed by atoms with E-state index in [9.17, 15) is 4.79 Å². The minimum absolute atomic E-state index is 0.238. The average Bonchev–Trinajstić information content (AvgIpc) is 2.44. The number of nitrogens with one attached hydrogen (secondary N) is 1. The van der Waals surface area contributed by atoms with Gasteiger partial charge < -0.3 is 10.2 Å². The van der Waals surface area contributed by atoms with E-state index in [1.165, 1.54) is 32.1 Å². The fourth-order valence-corrected chi connectivity index (χ4v) is 3.58. The van der Waals surface area contributed by atoms with E-state index >= 15 is 0 Å². The Hall–Kier alpha value is -0.570. The van der Waals surface area contributed by atoms with Crippen LogP contribution in [-0.4, -0.2) is 36.0 Å². The Morgan fingerprint density at radius 3 is 2.31 bits per heavy atom. The third-order valence-electron chi connectivity index (χ3n) is 4.86. The molecule has 3 aliphatic rings. The predicted molar refractivity (Wildman–Crippen MR) is 63.0 cm³/mol. The molecule has 3 heterocycles. The van der Waals surface area contributed by atoms with E-state index in [-0.39, 0.29) is 5.92 Å². The number of nitrogens with zero attached hydrogens (tertiary/aromatic N) is 1. The highest BCUT2D eigenvalue weighted by atomic mass is 16.2. The Labute approximate surface area is 97.6 Å². The summed E-state index contributed by atoms with van der Waals surface area (Å²) in [5.74, 6) is 1.27. The molecule has 3 unspecified atom stereocenters. The number of rotatable bonds is 2. The van der Waals surface area contributed by atoms with Gasteiger partial charge in [0.15, 0.2) is 0 Å². The van der Waals surface area contributed by atoms with Gasteiger partial charge in [0.25, 0.3) is 0 Å². The molecular formula is C13H22N2O. The van der Waals surface area contributed by atoms with Crippen molar-refractivity contribution in [2.24, 2.45) is 11.8 Å². The van der Waals surface area contributed by atoms with Gasteiger partial charge >= 0.3 is 0 Å². The van der Waals surface area contributed by atoms with E-state index in [0.29, 0.717) is 23.9 Å². The Kier molecular flexibility index (Phi) is 2.66. The van der Waals surface area contributed by atoms with Gasteiger partial charge in [-0.05, 0) is 51.1 Å². The smallest absolute Gasteiger partial charge is 0.226 e. The molecule has 0 spiro atoms. The highest BCUT2D eigenvalue weighted by Crippen LogP contribution is 2.37. The Morgan fingerprint density at radius 1 is 1.19 bits per heavy atom. The summed E-state index contributed by atoms with van der Waals surface area (Å²) in [5, 5.41) is 3.27. The van der Waals surface area contributed by atoms with Gasteiger partial charge in [0.05, 0.1) is 0 Å². The number of piperidine rings is 1. The third kappa shape index (κ3) is 1.56. The van der Waals surface area contributed by atoms with Crippen molar-refractivity contribution in [2.45, 2.75) is 51.1 Å². The zero-order chi connectivity index (χ0) is 11.1. The van der Waals surface area contributed by atoms with E-state index in [4.69, 9.17) is 0 Å². The van der Waals surface area contributed by atoms with Gasteiger partial charge in [0.1, 0.15) is 0 Å². The van der Waals surface area contributed by atoms with Crippen LogP contribution in [0.25, 0.3) is 0 Å². The number of hydrogen-bond donors (Lipinski definition) is 1. The molecule has 0 aromatic heterocycles. The van der Waals surface area contributed by atoms with Crippen molar-refractivity contribution in [3.63, 3.8) is 0 Å². The molecule has 3 nitrogen and oxygen atoms in total. The van der Waals surface area contributed by atoms with Gasteiger partial charge in [0, 0.05) is 18.0 Å². The van der Waals surface area contributed by atoms with E-state index in [1.54, 1.807) is 0 Å². The molecule has 3 fully saturated rings. The first kappa shape index (κ1) is 10.6. The van der Waals surface area contributed by atoms with E-state index in [2.05, 4.69) is 17.1 Å². The second-order valence-corrected chi connectivity index (χ2v) is 5.77. The highest BCUT2D eigenvalue weighted by molar-refractivity contribution is 5.80. The van der Waals surface area contributed by atoms with Crippen LogP contribution >= 0.6 is 0 Å². The Bertz CT molecular complexity index is 272. The SMILES string of the molecule is CC(C(=O)N1C2CCCC1CC2)C1CNC1. The average molecular weight is 222 g/mol. The number of hydrogen-bond acceptors (Lipinski definition) is 2. The molecule has 16 heavy (non-hydrogen) atoms. The second-order valence-electron chi connectivity index (χ2n) is 5.77. The molecule has 1 amide bonds. The monoisotopic (exact) mass is 222 g/mol. The fourth-order valence-electron chi connectivity index (χ4n) is 3.58. The summed E-state index contributed by atoms with van der Waals surface area (Å²) in [5.41, 5.74) is 0. The predicted octanol–water partition coefficient (Wildman–Crippen LogP) is 1.39. The molecule has 90 valence electrons. The third-order valence-corrected chi connectivity index (χ3v) is 4.86. The summed E-state index contributed by atoms with van der Waals surface area (Å²) in [6, 6.07) is 1.17. The lowest BCUT2D eigenvalue weighted by Gasteiger charge is -2.40. The van der Waals surface area contributed by atoms with Crippen LogP contribution in [-0.2, 0) is 4.79 Å². The summed E-state index contributed by atoms with van der Waals surface area (Å²) < 4.78 is 0. The van der Waals surface area contributed by atoms with Crippen LogP contribution in [0.5, 0.6) is 0 Å². The Morgan fingerprint density at radius 2 is 1.81 bits per heavy atom. The molecular weight excluding hydrogens is 200 g/mol. The van der Waals surface area contributed by atoms with Gasteiger partial charge in [-0.2, -0.15) is 0 Å². The van der Waals surface area contributed by atoms with Crippen LogP contribution in [0.15, 0.2) is 0 Å². The summed E-state index contributed by atoms with van der Waals surface area (Å²) in [4.78, 5) is 14.7. The van der Waals surface area contributed by atoms with Crippen LogP contribution in [0.2, 0.25) is 0 Å². The second kappa shape index (κ2) is 4.02. The van der Waals surface area contributed by atoms with Crippen LogP contribution in [0.1, 0.15) is 39.0 Å². The first-order chi connectivity index (χ1) is 7.77. The maximum Gasteiger partial charge on any atom is 0.226 e. The fraction of sp³-hybridized carbons (Fsp3) is 0.923. The van der Waals surface area contributed by atoms with Crippen molar-refractivity contribution >= 4 is 5.91 Å². The lowest BCUT2D eigenvalue weighted by atomic mass is 9.86. The maximum absolute atomic E-state index is 12.5. The number of fused-ring (bicyclic) bond motifs is 2. The summed E-state index contributed by atoms with van der Waals surface area (Å²) in [7, 11) is 0. The summed E-state index contributed by atoms with van der Waals surface area (Å²) in [6.07, 6.45) is 6.34. The molecule has 3 rings (SSSR count). The molecule has 0 saturated carbocycles. The molecule has 3 aliphatic heterocycles. The van der Waals surface area contributed by atoms with Crippen molar-refractivity contribution in [1.82, 2.24) is 10.2 Å². The van der Waals surface area contributed by atoms with Gasteiger partial charge in [-0.25, -0.2) is 0 Å². The molecule has 3 heteroatoms. The largest absolute Gasteiger partial charge is 0.336 e. The van der Waals surface area contributed by atoms with Crippen LogP contribution < -0.4 is 5.32 Å². The Balaban J connectivity index is 1.69. The van der Waals surface area contributed by atoms with Crippen LogP contribution in [0, 0.1) is 11.8 Å². The molecule has 0 aliphatic carbocycles. The van der Waals surface area contributed by atoms with Gasteiger partial charge in [-0.1, -0.05) is 6.92 Å². The number of amides is 1. The van der Waals surface area contributed by atoms with Crippen molar-refractivity contribution in [2.75, 3.05) is 13.1 Å². The minimum atomic E-state index is 0.238. The van der Waals surface area contributed by atoms with E-state index < -0.39 is 0 Å². The zero-order valence-electron chi connectivity index (χ0n) is 10.1. The van der Waals surface area contributed by atoms with Crippen molar-refractivity contribution < 1.29 is 4.79 Å². The first-order valence-corrected chi connectivity index (χ1v) is 6.80. The molecule has 2 bridgehead atoms. The molecule has 1 N–H and O–H groups in total. The van der Waals surface area contributed by atoms with Crippen LogP contribution in [0.3, 0.4) is 0 Å². The standard InChI is InChI=1S/C13H22N2O/c1-9(10-7-14-8-10)13(16)15-11-3-2-4-12(15)6-5-11/h9-12,14H,2-8H2,1H3. The molecule has 3 atom stereocenters.